The number of alkyl carbamates (subject to hydrolysis) is 1. The molecule has 0 bridgehead atoms. The van der Waals surface area contributed by atoms with E-state index in [1.165, 1.54) is 0 Å². The normalized spacial score (nSPS) is 13.8. The second-order valence-electron chi connectivity index (χ2n) is 10.2. The first kappa shape index (κ1) is 25.5. The van der Waals surface area contributed by atoms with Crippen molar-refractivity contribution in [3.05, 3.63) is 75.1 Å². The van der Waals surface area contributed by atoms with Crippen LogP contribution in [0.2, 0.25) is 0 Å². The third-order valence-electron chi connectivity index (χ3n) is 6.14. The summed E-state index contributed by atoms with van der Waals surface area (Å²) in [6.07, 6.45) is 3.56. The quantitative estimate of drug-likeness (QED) is 0.275. The summed E-state index contributed by atoms with van der Waals surface area (Å²) in [4.78, 5) is 38.4. The van der Waals surface area contributed by atoms with Gasteiger partial charge in [-0.05, 0) is 69.2 Å². The van der Waals surface area contributed by atoms with Gasteiger partial charge in [0.2, 0.25) is 0 Å². The third kappa shape index (κ3) is 5.96. The van der Waals surface area contributed by atoms with Crippen LogP contribution >= 0.6 is 0 Å². The highest BCUT2D eigenvalue weighted by Gasteiger charge is 2.28. The van der Waals surface area contributed by atoms with Gasteiger partial charge in [-0.2, -0.15) is 0 Å². The summed E-state index contributed by atoms with van der Waals surface area (Å²) in [7, 11) is 0. The molecule has 4 rings (SSSR count). The Balaban J connectivity index is 1.66. The van der Waals surface area contributed by atoms with E-state index in [-0.39, 0.29) is 12.0 Å². The molecule has 7 nitrogen and oxygen atoms in total. The molecule has 0 saturated heterocycles. The highest BCUT2D eigenvalue weighted by atomic mass is 16.6. The Morgan fingerprint density at radius 1 is 1.08 bits per heavy atom. The van der Waals surface area contributed by atoms with Crippen LogP contribution in [0, 0.1) is 0 Å². The van der Waals surface area contributed by atoms with Crippen LogP contribution in [-0.4, -0.2) is 23.7 Å². The monoisotopic (exact) mass is 491 g/mol. The second-order valence-corrected chi connectivity index (χ2v) is 10.2. The van der Waals surface area contributed by atoms with E-state index in [1.54, 1.807) is 26.8 Å². The molecule has 0 saturated carbocycles. The highest BCUT2D eigenvalue weighted by molar-refractivity contribution is 5.87. The van der Waals surface area contributed by atoms with Gasteiger partial charge in [0, 0.05) is 23.4 Å². The van der Waals surface area contributed by atoms with Crippen molar-refractivity contribution in [1.29, 1.82) is 0 Å². The fourth-order valence-electron chi connectivity index (χ4n) is 4.59. The second kappa shape index (κ2) is 10.6. The molecule has 190 valence electrons. The molecule has 2 aromatic carbocycles. The lowest BCUT2D eigenvalue weighted by atomic mass is 10.0. The van der Waals surface area contributed by atoms with Gasteiger partial charge in [-0.3, -0.25) is 0 Å². The van der Waals surface area contributed by atoms with Gasteiger partial charge in [-0.15, -0.1) is 0 Å². The van der Waals surface area contributed by atoms with Gasteiger partial charge in [0.05, 0.1) is 0 Å². The molecule has 0 radical (unpaired) electrons. The number of hydrogen-bond acceptors (Lipinski definition) is 6. The summed E-state index contributed by atoms with van der Waals surface area (Å²) in [6, 6.07) is 12.0. The van der Waals surface area contributed by atoms with Crippen molar-refractivity contribution in [2.45, 2.75) is 77.9 Å². The van der Waals surface area contributed by atoms with Crippen LogP contribution < -0.4 is 15.7 Å². The molecule has 1 aliphatic rings. The summed E-state index contributed by atoms with van der Waals surface area (Å²) in [6.45, 7) is 7.32. The number of amides is 1. The Kier molecular flexibility index (Phi) is 7.48. The van der Waals surface area contributed by atoms with Crippen LogP contribution in [0.3, 0.4) is 0 Å². The minimum absolute atomic E-state index is 0.234. The maximum atomic E-state index is 13.4. The van der Waals surface area contributed by atoms with Crippen molar-refractivity contribution in [2.75, 3.05) is 0 Å². The minimum atomic E-state index is -0.973. The Morgan fingerprint density at radius 3 is 2.50 bits per heavy atom. The number of hydrogen-bond donors (Lipinski definition) is 1. The first-order valence-electron chi connectivity index (χ1n) is 12.5. The summed E-state index contributed by atoms with van der Waals surface area (Å²) in [5.41, 5.74) is 2.87. The van der Waals surface area contributed by atoms with Crippen molar-refractivity contribution in [3.63, 3.8) is 0 Å². The van der Waals surface area contributed by atoms with Crippen LogP contribution in [0.25, 0.3) is 11.0 Å². The van der Waals surface area contributed by atoms with E-state index in [9.17, 15) is 14.4 Å². The molecule has 0 spiro atoms. The molecule has 0 fully saturated rings. The van der Waals surface area contributed by atoms with E-state index in [2.05, 4.69) is 5.32 Å². The van der Waals surface area contributed by atoms with Crippen LogP contribution in [0.1, 0.15) is 62.8 Å². The van der Waals surface area contributed by atoms with Gasteiger partial charge < -0.3 is 19.2 Å². The number of rotatable bonds is 7. The first-order chi connectivity index (χ1) is 17.1. The number of carbonyl (C=O) groups excluding carboxylic acids is 2. The molecule has 1 amide bonds. The summed E-state index contributed by atoms with van der Waals surface area (Å²) < 4.78 is 16.8. The number of nitrogens with one attached hydrogen (secondary N) is 1. The van der Waals surface area contributed by atoms with Crippen LogP contribution in [0.5, 0.6) is 5.75 Å². The van der Waals surface area contributed by atoms with E-state index in [0.29, 0.717) is 17.8 Å². The number of ether oxygens (including phenoxy) is 2. The molecule has 0 unspecified atom stereocenters. The lowest BCUT2D eigenvalue weighted by Crippen LogP contribution is -2.46. The van der Waals surface area contributed by atoms with Crippen molar-refractivity contribution < 1.29 is 23.5 Å². The molecule has 0 aliphatic heterocycles. The Bertz CT molecular complexity index is 1320. The average Bonchev–Trinajstić information content (AvgIpc) is 3.30. The average molecular weight is 492 g/mol. The number of esters is 1. The van der Waals surface area contributed by atoms with Crippen molar-refractivity contribution in [3.8, 4) is 5.75 Å². The molecule has 1 atom stereocenters. The molecule has 3 aromatic rings. The zero-order chi connectivity index (χ0) is 25.9. The third-order valence-corrected chi connectivity index (χ3v) is 6.14. The SMILES string of the molecule is CCCc1cc2c3c(c(=O)oc2cc1OC(=O)[C@H](Cc1ccccc1)NC(=O)OC(C)(C)C)CCC3. The fraction of sp³-hybridized carbons (Fsp3) is 0.414. The Hall–Kier alpha value is -3.61. The highest BCUT2D eigenvalue weighted by Crippen LogP contribution is 2.33. The number of benzene rings is 2. The van der Waals surface area contributed by atoms with E-state index >= 15 is 0 Å². The van der Waals surface area contributed by atoms with Crippen molar-refractivity contribution in [1.82, 2.24) is 5.32 Å². The van der Waals surface area contributed by atoms with Gasteiger partial charge >= 0.3 is 17.7 Å². The lowest BCUT2D eigenvalue weighted by molar-refractivity contribution is -0.136. The maximum Gasteiger partial charge on any atom is 0.408 e. The van der Waals surface area contributed by atoms with Crippen LogP contribution in [0.15, 0.2) is 51.7 Å². The van der Waals surface area contributed by atoms with Gasteiger partial charge in [0.1, 0.15) is 23.0 Å². The molecule has 1 aliphatic carbocycles. The summed E-state index contributed by atoms with van der Waals surface area (Å²) in [5.74, 6) is -0.288. The zero-order valence-electron chi connectivity index (χ0n) is 21.3. The molecular weight excluding hydrogens is 458 g/mol. The van der Waals surface area contributed by atoms with Crippen molar-refractivity contribution in [2.24, 2.45) is 0 Å². The topological polar surface area (TPSA) is 94.8 Å². The summed E-state index contributed by atoms with van der Waals surface area (Å²) >= 11 is 0. The number of fused-ring (bicyclic) bond motifs is 3. The smallest absolute Gasteiger partial charge is 0.408 e. The van der Waals surface area contributed by atoms with Gasteiger partial charge in [-0.1, -0.05) is 43.7 Å². The lowest BCUT2D eigenvalue weighted by Gasteiger charge is -2.23. The predicted octanol–water partition coefficient (Wildman–Crippen LogP) is 5.28. The Morgan fingerprint density at radius 2 is 1.81 bits per heavy atom. The zero-order valence-corrected chi connectivity index (χ0v) is 21.3. The van der Waals surface area contributed by atoms with Crippen LogP contribution in [-0.2, 0) is 35.2 Å². The minimum Gasteiger partial charge on any atom is -0.444 e. The van der Waals surface area contributed by atoms with E-state index < -0.39 is 23.7 Å². The molecule has 36 heavy (non-hydrogen) atoms. The fourth-order valence-corrected chi connectivity index (χ4v) is 4.59. The molecule has 7 heteroatoms. The van der Waals surface area contributed by atoms with E-state index in [1.807, 2.05) is 43.3 Å². The maximum absolute atomic E-state index is 13.4. The molecule has 1 heterocycles. The van der Waals surface area contributed by atoms with E-state index in [4.69, 9.17) is 13.9 Å². The van der Waals surface area contributed by atoms with Crippen LogP contribution in [0.4, 0.5) is 4.79 Å². The van der Waals surface area contributed by atoms with Gasteiger partial charge in [0.15, 0.2) is 0 Å². The number of aryl methyl sites for hydroxylation is 2. The molecular formula is C29H33NO6. The van der Waals surface area contributed by atoms with E-state index in [0.717, 1.165) is 53.3 Å². The molecule has 1 N–H and O–H groups in total. The number of carbonyl (C=O) groups is 2. The standard InChI is InChI=1S/C29H33NO6/c1-5-10-19-16-22-20-13-9-14-21(20)26(31)35-25(22)17-24(19)34-27(32)23(15-18-11-7-6-8-12-18)30-28(33)36-29(2,3)4/h6-8,11-12,16-17,23H,5,9-10,13-15H2,1-4H3,(H,30,33)/t23-/m0/s1. The predicted molar refractivity (Wildman–Crippen MR) is 137 cm³/mol. The van der Waals surface area contributed by atoms with Crippen molar-refractivity contribution >= 4 is 23.0 Å². The van der Waals surface area contributed by atoms with Gasteiger partial charge in [0.25, 0.3) is 0 Å². The molecule has 1 aromatic heterocycles. The van der Waals surface area contributed by atoms with Gasteiger partial charge in [-0.25, -0.2) is 14.4 Å². The largest absolute Gasteiger partial charge is 0.444 e. The Labute approximate surface area is 210 Å². The first-order valence-corrected chi connectivity index (χ1v) is 12.5. The summed E-state index contributed by atoms with van der Waals surface area (Å²) in [5, 5.41) is 3.57.